The maximum Gasteiger partial charge on any atom is 0.159 e. The molecule has 0 amide bonds. The first-order chi connectivity index (χ1) is 6.47. The lowest BCUT2D eigenvalue weighted by Gasteiger charge is -2.22. The van der Waals surface area contributed by atoms with Crippen LogP contribution >= 0.6 is 0 Å². The quantitative estimate of drug-likeness (QED) is 0.810. The van der Waals surface area contributed by atoms with E-state index in [4.69, 9.17) is 4.74 Å². The zero-order valence-electron chi connectivity index (χ0n) is 8.05. The first-order valence-electron chi connectivity index (χ1n) is 4.14. The molecule has 2 nitrogen and oxygen atoms in total. The molecule has 0 spiro atoms. The second-order valence-corrected chi connectivity index (χ2v) is 3.34. The Morgan fingerprint density at radius 2 is 2.00 bits per heavy atom. The molecule has 1 aromatic carbocycles. The maximum atomic E-state index is 12.8. The van der Waals surface area contributed by atoms with Gasteiger partial charge in [0.25, 0.3) is 0 Å². The summed E-state index contributed by atoms with van der Waals surface area (Å²) >= 11 is 0. The molecule has 14 heavy (non-hydrogen) atoms. The van der Waals surface area contributed by atoms with Crippen LogP contribution < -0.4 is 0 Å². The first-order valence-corrected chi connectivity index (χ1v) is 4.14. The van der Waals surface area contributed by atoms with Gasteiger partial charge in [-0.2, -0.15) is 0 Å². The van der Waals surface area contributed by atoms with Crippen LogP contribution in [0.3, 0.4) is 0 Å². The van der Waals surface area contributed by atoms with Gasteiger partial charge in [0.15, 0.2) is 11.6 Å². The van der Waals surface area contributed by atoms with E-state index in [0.717, 1.165) is 12.1 Å². The van der Waals surface area contributed by atoms with Gasteiger partial charge in [0, 0.05) is 7.11 Å². The minimum Gasteiger partial charge on any atom is -0.383 e. The predicted octanol–water partition coefficient (Wildman–Crippen LogP) is 1.82. The van der Waals surface area contributed by atoms with Crippen LogP contribution in [0.15, 0.2) is 18.2 Å². The molecule has 0 bridgehead atoms. The summed E-state index contributed by atoms with van der Waals surface area (Å²) in [6.45, 7) is 1.50. The normalized spacial score (nSPS) is 15.2. The predicted molar refractivity (Wildman–Crippen MR) is 47.8 cm³/mol. The van der Waals surface area contributed by atoms with Crippen LogP contribution in [-0.4, -0.2) is 18.8 Å². The van der Waals surface area contributed by atoms with E-state index < -0.39 is 17.2 Å². The fourth-order valence-corrected chi connectivity index (χ4v) is 1.20. The molecule has 0 saturated heterocycles. The van der Waals surface area contributed by atoms with Crippen molar-refractivity contribution in [1.82, 2.24) is 0 Å². The molecule has 1 rings (SSSR count). The number of methoxy groups -OCH3 is 1. The Kier molecular flexibility index (Phi) is 3.18. The van der Waals surface area contributed by atoms with E-state index in [2.05, 4.69) is 0 Å². The van der Waals surface area contributed by atoms with Crippen molar-refractivity contribution in [2.24, 2.45) is 0 Å². The molecular weight excluding hydrogens is 190 g/mol. The number of halogens is 2. The summed E-state index contributed by atoms with van der Waals surface area (Å²) in [4.78, 5) is 0. The number of hydrogen-bond acceptors (Lipinski definition) is 2. The van der Waals surface area contributed by atoms with Gasteiger partial charge < -0.3 is 9.84 Å². The number of aliphatic hydroxyl groups is 1. The highest BCUT2D eigenvalue weighted by molar-refractivity contribution is 5.23. The van der Waals surface area contributed by atoms with Gasteiger partial charge in [-0.3, -0.25) is 0 Å². The molecule has 0 saturated carbocycles. The fourth-order valence-electron chi connectivity index (χ4n) is 1.20. The van der Waals surface area contributed by atoms with Crippen LogP contribution in [0, 0.1) is 11.6 Å². The van der Waals surface area contributed by atoms with Crippen molar-refractivity contribution < 1.29 is 18.6 Å². The number of hydrogen-bond donors (Lipinski definition) is 1. The summed E-state index contributed by atoms with van der Waals surface area (Å²) in [7, 11) is 1.42. The SMILES string of the molecule is COCC(C)(O)c1ccc(F)c(F)c1. The van der Waals surface area contributed by atoms with Crippen LogP contribution in [0.5, 0.6) is 0 Å². The summed E-state index contributed by atoms with van der Waals surface area (Å²) in [6.07, 6.45) is 0. The van der Waals surface area contributed by atoms with Crippen molar-refractivity contribution in [3.05, 3.63) is 35.4 Å². The molecule has 0 aliphatic heterocycles. The highest BCUT2D eigenvalue weighted by Crippen LogP contribution is 2.22. The van der Waals surface area contributed by atoms with E-state index in [1.54, 1.807) is 0 Å². The Hall–Kier alpha value is -1.00. The Labute approximate surface area is 81.1 Å². The summed E-state index contributed by atoms with van der Waals surface area (Å²) < 4.78 is 30.2. The zero-order valence-corrected chi connectivity index (χ0v) is 8.05. The van der Waals surface area contributed by atoms with Gasteiger partial charge in [-0.25, -0.2) is 8.78 Å². The van der Waals surface area contributed by atoms with Crippen molar-refractivity contribution >= 4 is 0 Å². The third kappa shape index (κ3) is 2.27. The molecule has 1 aromatic rings. The molecule has 78 valence electrons. The second kappa shape index (κ2) is 4.02. The molecule has 4 heteroatoms. The summed E-state index contributed by atoms with van der Waals surface area (Å²) in [6, 6.07) is 3.28. The first kappa shape index (κ1) is 11.1. The molecule has 0 aromatic heterocycles. The van der Waals surface area contributed by atoms with Crippen molar-refractivity contribution in [3.63, 3.8) is 0 Å². The minimum atomic E-state index is -1.30. The molecule has 0 radical (unpaired) electrons. The Bertz CT molecular complexity index is 324. The van der Waals surface area contributed by atoms with E-state index >= 15 is 0 Å². The average molecular weight is 202 g/mol. The van der Waals surface area contributed by atoms with Crippen LogP contribution in [-0.2, 0) is 10.3 Å². The van der Waals surface area contributed by atoms with Gasteiger partial charge in [-0.05, 0) is 24.6 Å². The molecular formula is C10H12F2O2. The molecule has 1 unspecified atom stereocenters. The van der Waals surface area contributed by atoms with Crippen molar-refractivity contribution in [2.45, 2.75) is 12.5 Å². The summed E-state index contributed by atoms with van der Waals surface area (Å²) in [5.74, 6) is -1.90. The van der Waals surface area contributed by atoms with Gasteiger partial charge in [-0.15, -0.1) is 0 Å². The maximum absolute atomic E-state index is 12.8. The standard InChI is InChI=1S/C10H12F2O2/c1-10(13,6-14-2)7-3-4-8(11)9(12)5-7/h3-5,13H,6H2,1-2H3. The lowest BCUT2D eigenvalue weighted by molar-refractivity contribution is -0.0210. The van der Waals surface area contributed by atoms with Gasteiger partial charge >= 0.3 is 0 Å². The molecule has 1 atom stereocenters. The van der Waals surface area contributed by atoms with E-state index in [9.17, 15) is 13.9 Å². The molecule has 0 fully saturated rings. The minimum absolute atomic E-state index is 0.0259. The number of benzene rings is 1. The van der Waals surface area contributed by atoms with Gasteiger partial charge in [-0.1, -0.05) is 6.07 Å². The summed E-state index contributed by atoms with van der Waals surface area (Å²) in [5, 5.41) is 9.79. The van der Waals surface area contributed by atoms with E-state index in [0.29, 0.717) is 5.56 Å². The zero-order chi connectivity index (χ0) is 10.8. The Morgan fingerprint density at radius 3 is 2.50 bits per heavy atom. The van der Waals surface area contributed by atoms with E-state index in [-0.39, 0.29) is 6.61 Å². The van der Waals surface area contributed by atoms with Crippen molar-refractivity contribution in [3.8, 4) is 0 Å². The molecule has 0 heterocycles. The molecule has 1 N–H and O–H groups in total. The monoisotopic (exact) mass is 202 g/mol. The van der Waals surface area contributed by atoms with E-state index in [1.807, 2.05) is 0 Å². The Morgan fingerprint density at radius 1 is 1.36 bits per heavy atom. The topological polar surface area (TPSA) is 29.5 Å². The highest BCUT2D eigenvalue weighted by atomic mass is 19.2. The average Bonchev–Trinajstić information content (AvgIpc) is 2.09. The smallest absolute Gasteiger partial charge is 0.159 e. The molecule has 0 aliphatic rings. The van der Waals surface area contributed by atoms with Crippen molar-refractivity contribution in [2.75, 3.05) is 13.7 Å². The molecule has 0 aliphatic carbocycles. The van der Waals surface area contributed by atoms with Crippen LogP contribution in [0.1, 0.15) is 12.5 Å². The number of ether oxygens (including phenoxy) is 1. The lowest BCUT2D eigenvalue weighted by atomic mass is 9.97. The van der Waals surface area contributed by atoms with Crippen LogP contribution in [0.25, 0.3) is 0 Å². The lowest BCUT2D eigenvalue weighted by Crippen LogP contribution is -2.27. The van der Waals surface area contributed by atoms with Crippen molar-refractivity contribution in [1.29, 1.82) is 0 Å². The third-order valence-corrected chi connectivity index (χ3v) is 1.97. The highest BCUT2D eigenvalue weighted by Gasteiger charge is 2.23. The summed E-state index contributed by atoms with van der Waals surface area (Å²) in [5.41, 5.74) is -1.01. The van der Waals surface area contributed by atoms with Gasteiger partial charge in [0.05, 0.1) is 6.61 Å². The van der Waals surface area contributed by atoms with Crippen LogP contribution in [0.2, 0.25) is 0 Å². The largest absolute Gasteiger partial charge is 0.383 e. The van der Waals surface area contributed by atoms with Gasteiger partial charge in [0.2, 0.25) is 0 Å². The number of rotatable bonds is 3. The van der Waals surface area contributed by atoms with Crippen LogP contribution in [0.4, 0.5) is 8.78 Å². The fraction of sp³-hybridized carbons (Fsp3) is 0.400. The third-order valence-electron chi connectivity index (χ3n) is 1.97. The van der Waals surface area contributed by atoms with E-state index in [1.165, 1.54) is 20.1 Å². The van der Waals surface area contributed by atoms with Gasteiger partial charge in [0.1, 0.15) is 5.60 Å². The second-order valence-electron chi connectivity index (χ2n) is 3.34. The Balaban J connectivity index is 3.01.